The second-order valence-electron chi connectivity index (χ2n) is 6.06. The predicted molar refractivity (Wildman–Crippen MR) is 99.2 cm³/mol. The first-order valence-electron chi connectivity index (χ1n) is 8.06. The monoisotopic (exact) mass is 376 g/mol. The maximum absolute atomic E-state index is 12.9. The van der Waals surface area contributed by atoms with E-state index in [1.54, 1.807) is 37.4 Å². The van der Waals surface area contributed by atoms with Crippen molar-refractivity contribution in [1.29, 1.82) is 0 Å². The van der Waals surface area contributed by atoms with E-state index in [2.05, 4.69) is 5.32 Å². The molecule has 0 aliphatic heterocycles. The molecule has 130 valence electrons. The summed E-state index contributed by atoms with van der Waals surface area (Å²) < 4.78 is 0. The van der Waals surface area contributed by atoms with Crippen molar-refractivity contribution in [1.82, 2.24) is 10.2 Å². The van der Waals surface area contributed by atoms with E-state index < -0.39 is 0 Å². The Balaban J connectivity index is 1.81. The second-order valence-corrected chi connectivity index (χ2v) is 6.91. The summed E-state index contributed by atoms with van der Waals surface area (Å²) in [6, 6.07) is 12.4. The topological polar surface area (TPSA) is 49.4 Å². The summed E-state index contributed by atoms with van der Waals surface area (Å²) in [5, 5.41) is 3.47. The maximum Gasteiger partial charge on any atom is 0.255 e. The van der Waals surface area contributed by atoms with Crippen molar-refractivity contribution in [3.05, 3.63) is 69.2 Å². The van der Waals surface area contributed by atoms with Gasteiger partial charge < -0.3 is 10.2 Å². The molecule has 4 nitrogen and oxygen atoms in total. The number of nitrogens with one attached hydrogen (secondary N) is 1. The predicted octanol–water partition coefficient (Wildman–Crippen LogP) is 4.16. The van der Waals surface area contributed by atoms with Crippen molar-refractivity contribution in [3.63, 3.8) is 0 Å². The second kappa shape index (κ2) is 7.46. The summed E-state index contributed by atoms with van der Waals surface area (Å²) in [5.41, 5.74) is 1.97. The van der Waals surface area contributed by atoms with Crippen LogP contribution in [0.15, 0.2) is 42.5 Å². The average Bonchev–Trinajstić information content (AvgIpc) is 3.46. The lowest BCUT2D eigenvalue weighted by Gasteiger charge is -2.23. The number of carbonyl (C=O) groups is 2. The molecule has 1 saturated carbocycles. The number of hydrogen-bond donors (Lipinski definition) is 1. The van der Waals surface area contributed by atoms with Gasteiger partial charge in [-0.15, -0.1) is 0 Å². The highest BCUT2D eigenvalue weighted by Gasteiger charge is 2.33. The largest absolute Gasteiger partial charge is 0.355 e. The van der Waals surface area contributed by atoms with Gasteiger partial charge in [-0.05, 0) is 48.7 Å². The van der Waals surface area contributed by atoms with E-state index in [4.69, 9.17) is 23.2 Å². The normalized spacial score (nSPS) is 13.4. The van der Waals surface area contributed by atoms with Gasteiger partial charge in [-0.3, -0.25) is 9.59 Å². The number of halogens is 2. The maximum atomic E-state index is 12.9. The molecule has 6 heteroatoms. The van der Waals surface area contributed by atoms with Gasteiger partial charge in [0, 0.05) is 30.2 Å². The van der Waals surface area contributed by atoms with E-state index in [1.165, 1.54) is 0 Å². The molecule has 0 heterocycles. The molecule has 1 aliphatic carbocycles. The quantitative estimate of drug-likeness (QED) is 0.851. The molecule has 0 radical (unpaired) electrons. The minimum Gasteiger partial charge on any atom is -0.355 e. The summed E-state index contributed by atoms with van der Waals surface area (Å²) in [5.74, 6) is -0.252. The van der Waals surface area contributed by atoms with Crippen molar-refractivity contribution in [3.8, 4) is 0 Å². The lowest BCUT2D eigenvalue weighted by molar-refractivity contribution is 0.0729. The molecule has 2 amide bonds. The van der Waals surface area contributed by atoms with E-state index >= 15 is 0 Å². The Morgan fingerprint density at radius 2 is 1.80 bits per heavy atom. The van der Waals surface area contributed by atoms with Crippen LogP contribution >= 0.6 is 23.2 Å². The number of carbonyl (C=O) groups excluding carboxylic acids is 2. The Hall–Kier alpha value is -2.04. The van der Waals surface area contributed by atoms with E-state index in [-0.39, 0.29) is 17.9 Å². The third-order valence-corrected chi connectivity index (χ3v) is 4.77. The van der Waals surface area contributed by atoms with Crippen LogP contribution in [0.1, 0.15) is 39.1 Å². The van der Waals surface area contributed by atoms with Crippen molar-refractivity contribution in [2.45, 2.75) is 25.4 Å². The molecule has 0 atom stereocenters. The summed E-state index contributed by atoms with van der Waals surface area (Å²) in [6.07, 6.45) is 1.97. The van der Waals surface area contributed by atoms with Crippen LogP contribution in [-0.4, -0.2) is 29.8 Å². The summed E-state index contributed by atoms with van der Waals surface area (Å²) in [4.78, 5) is 26.4. The zero-order valence-electron chi connectivity index (χ0n) is 13.8. The summed E-state index contributed by atoms with van der Waals surface area (Å²) >= 11 is 12.2. The number of benzene rings is 2. The van der Waals surface area contributed by atoms with Gasteiger partial charge >= 0.3 is 0 Å². The molecule has 0 aromatic heterocycles. The molecule has 1 fully saturated rings. The smallest absolute Gasteiger partial charge is 0.255 e. The van der Waals surface area contributed by atoms with Crippen LogP contribution in [0, 0.1) is 0 Å². The first-order valence-corrected chi connectivity index (χ1v) is 8.82. The highest BCUT2D eigenvalue weighted by atomic mass is 35.5. The van der Waals surface area contributed by atoms with Gasteiger partial charge in [0.25, 0.3) is 11.8 Å². The highest BCUT2D eigenvalue weighted by molar-refractivity contribution is 6.35. The number of amides is 2. The van der Waals surface area contributed by atoms with E-state index in [9.17, 15) is 9.59 Å². The van der Waals surface area contributed by atoms with Crippen molar-refractivity contribution in [2.24, 2.45) is 0 Å². The van der Waals surface area contributed by atoms with Gasteiger partial charge in [0.1, 0.15) is 0 Å². The Kier molecular flexibility index (Phi) is 5.30. The van der Waals surface area contributed by atoms with E-state index in [0.29, 0.717) is 27.7 Å². The van der Waals surface area contributed by atoms with Crippen LogP contribution in [0.5, 0.6) is 0 Å². The van der Waals surface area contributed by atoms with Gasteiger partial charge in [0.15, 0.2) is 0 Å². The minimum atomic E-state index is -0.132. The zero-order valence-corrected chi connectivity index (χ0v) is 15.3. The first-order chi connectivity index (χ1) is 12.0. The lowest BCUT2D eigenvalue weighted by Crippen LogP contribution is -2.32. The fourth-order valence-corrected chi connectivity index (χ4v) is 3.04. The average molecular weight is 377 g/mol. The standard InChI is InChI=1S/C19H18Cl2N2O2/c1-22-18(24)13-4-2-12(3-5-13)11-23(15-7-8-15)19(25)16-10-14(20)6-9-17(16)21/h2-6,9-10,15H,7-8,11H2,1H3,(H,22,24). The molecule has 0 spiro atoms. The highest BCUT2D eigenvalue weighted by Crippen LogP contribution is 2.32. The third-order valence-electron chi connectivity index (χ3n) is 4.20. The van der Waals surface area contributed by atoms with Crippen LogP contribution in [0.4, 0.5) is 0 Å². The molecular formula is C19H18Cl2N2O2. The van der Waals surface area contributed by atoms with Crippen molar-refractivity contribution in [2.75, 3.05) is 7.05 Å². The fourth-order valence-electron chi connectivity index (χ4n) is 2.67. The SMILES string of the molecule is CNC(=O)c1ccc(CN(C(=O)c2cc(Cl)ccc2Cl)C2CC2)cc1. The Morgan fingerprint density at radius 1 is 1.12 bits per heavy atom. The van der Waals surface area contributed by atoms with Crippen LogP contribution in [0.25, 0.3) is 0 Å². The van der Waals surface area contributed by atoms with Crippen LogP contribution in [0.2, 0.25) is 10.0 Å². The molecule has 3 rings (SSSR count). The molecular weight excluding hydrogens is 359 g/mol. The Bertz CT molecular complexity index is 802. The lowest BCUT2D eigenvalue weighted by atomic mass is 10.1. The minimum absolute atomic E-state index is 0.120. The van der Waals surface area contributed by atoms with Crippen LogP contribution in [0.3, 0.4) is 0 Å². The molecule has 0 saturated heterocycles. The number of rotatable bonds is 5. The summed E-state index contributed by atoms with van der Waals surface area (Å²) in [6.45, 7) is 0.473. The van der Waals surface area contributed by atoms with Gasteiger partial charge in [0.05, 0.1) is 10.6 Å². The molecule has 1 aliphatic rings. The van der Waals surface area contributed by atoms with E-state index in [1.807, 2.05) is 17.0 Å². The van der Waals surface area contributed by atoms with Crippen molar-refractivity contribution >= 4 is 35.0 Å². The molecule has 0 bridgehead atoms. The van der Waals surface area contributed by atoms with Gasteiger partial charge in [0.2, 0.25) is 0 Å². The third kappa shape index (κ3) is 4.14. The van der Waals surface area contributed by atoms with Crippen LogP contribution in [-0.2, 0) is 6.54 Å². The van der Waals surface area contributed by atoms with E-state index in [0.717, 1.165) is 18.4 Å². The zero-order chi connectivity index (χ0) is 18.0. The molecule has 25 heavy (non-hydrogen) atoms. The van der Waals surface area contributed by atoms with Crippen LogP contribution < -0.4 is 5.32 Å². The summed E-state index contributed by atoms with van der Waals surface area (Å²) in [7, 11) is 1.60. The van der Waals surface area contributed by atoms with Gasteiger partial charge in [-0.2, -0.15) is 0 Å². The Morgan fingerprint density at radius 3 is 2.40 bits per heavy atom. The molecule has 2 aromatic carbocycles. The molecule has 0 unspecified atom stereocenters. The number of nitrogens with zero attached hydrogens (tertiary/aromatic N) is 1. The van der Waals surface area contributed by atoms with Gasteiger partial charge in [-0.25, -0.2) is 0 Å². The Labute approximate surface area is 156 Å². The van der Waals surface area contributed by atoms with Crippen molar-refractivity contribution < 1.29 is 9.59 Å². The molecule has 2 aromatic rings. The fraction of sp³-hybridized carbons (Fsp3) is 0.263. The first kappa shape index (κ1) is 17.8. The number of hydrogen-bond acceptors (Lipinski definition) is 2. The molecule has 1 N–H and O–H groups in total. The van der Waals surface area contributed by atoms with Gasteiger partial charge in [-0.1, -0.05) is 35.3 Å².